The second-order valence-corrected chi connectivity index (χ2v) is 16.8. The van der Waals surface area contributed by atoms with E-state index in [0.29, 0.717) is 13.2 Å². The molecule has 0 amide bonds. The summed E-state index contributed by atoms with van der Waals surface area (Å²) in [4.78, 5) is 9.05. The molecule has 0 spiro atoms. The molecule has 0 aliphatic rings. The van der Waals surface area contributed by atoms with Gasteiger partial charge in [0.15, 0.2) is 0 Å². The summed E-state index contributed by atoms with van der Waals surface area (Å²) in [6.45, 7) is 14.8. The number of benzene rings is 2. The van der Waals surface area contributed by atoms with Crippen LogP contribution >= 0.6 is 19.1 Å². The normalized spacial score (nSPS) is 10.8. The average molecular weight is 1110 g/mol. The van der Waals surface area contributed by atoms with Gasteiger partial charge in [0.2, 0.25) is 0 Å². The Hall–Kier alpha value is -1.24. The molecule has 4 nitrogen and oxygen atoms in total. The van der Waals surface area contributed by atoms with Crippen LogP contribution in [0.2, 0.25) is 0 Å². The molecule has 2 rings (SSSR count). The molecule has 2 aromatic rings. The number of hydrogen-bond donors (Lipinski definition) is 0. The van der Waals surface area contributed by atoms with E-state index < -0.39 is 0 Å². The molecule has 0 N–H and O–H groups in total. The van der Waals surface area contributed by atoms with Gasteiger partial charge in [-0.05, 0) is 12.8 Å². The zero-order valence-electron chi connectivity index (χ0n) is 40.7. The van der Waals surface area contributed by atoms with Gasteiger partial charge in [-0.2, -0.15) is 0 Å². The minimum absolute atomic E-state index is 0.528. The summed E-state index contributed by atoms with van der Waals surface area (Å²) in [6.07, 6.45) is 52.3. The van der Waals surface area contributed by atoms with Gasteiger partial charge in [-0.1, -0.05) is 244 Å². The summed E-state index contributed by atoms with van der Waals surface area (Å²) >= 11 is 4.44. The first-order valence-corrected chi connectivity index (χ1v) is 29.5. The monoisotopic (exact) mass is 1110 g/mol. The third kappa shape index (κ3) is 48.7. The molecule has 372 valence electrons. The Morgan fingerprint density at radius 2 is 0.672 bits per heavy atom. The Balaban J connectivity index is 0. The molecule has 2 aromatic carbocycles. The number of nitrogens with zero attached hydrogens (tertiary/aromatic N) is 2. The van der Waals surface area contributed by atoms with Crippen molar-refractivity contribution in [2.24, 2.45) is 9.98 Å². The van der Waals surface area contributed by atoms with Crippen molar-refractivity contribution < 1.29 is 45.8 Å². The van der Waals surface area contributed by atoms with Crippen LogP contribution < -0.4 is 9.47 Å². The molecular formula is C56H92Cl2N2O2Pd2. The van der Waals surface area contributed by atoms with Crippen LogP contribution in [-0.4, -0.2) is 38.7 Å². The van der Waals surface area contributed by atoms with Crippen LogP contribution in [0.15, 0.2) is 71.7 Å². The van der Waals surface area contributed by atoms with Crippen LogP contribution in [0.3, 0.4) is 0 Å². The topological polar surface area (TPSA) is 43.2 Å². The van der Waals surface area contributed by atoms with E-state index in [0.717, 1.165) is 35.7 Å². The Kier molecular flexibility index (Phi) is 58.7. The van der Waals surface area contributed by atoms with Crippen LogP contribution in [0.25, 0.3) is 0 Å². The van der Waals surface area contributed by atoms with Gasteiger partial charge in [-0.15, -0.1) is 59.7 Å². The van der Waals surface area contributed by atoms with Crippen molar-refractivity contribution in [2.75, 3.05) is 26.3 Å². The maximum atomic E-state index is 5.46. The number of halogens is 2. The van der Waals surface area contributed by atoms with Crippen LogP contribution in [0.5, 0.6) is 11.5 Å². The Labute approximate surface area is 426 Å². The minimum atomic E-state index is 0.528. The Morgan fingerprint density at radius 3 is 0.891 bits per heavy atom. The van der Waals surface area contributed by atoms with Crippen LogP contribution in [0, 0.1) is 12.1 Å². The van der Waals surface area contributed by atoms with Crippen molar-refractivity contribution in [2.45, 2.75) is 219 Å². The van der Waals surface area contributed by atoms with E-state index in [9.17, 15) is 0 Å². The second-order valence-electron chi connectivity index (χ2n) is 16.8. The van der Waals surface area contributed by atoms with Crippen molar-refractivity contribution in [3.8, 4) is 11.5 Å². The molecule has 8 heteroatoms. The summed E-state index contributed by atoms with van der Waals surface area (Å²) in [6, 6.07) is 18.0. The second kappa shape index (κ2) is 57.9. The summed E-state index contributed by atoms with van der Waals surface area (Å²) < 4.78 is 10.9. The van der Waals surface area contributed by atoms with E-state index in [4.69, 9.17) is 9.47 Å². The van der Waals surface area contributed by atoms with E-state index >= 15 is 0 Å². The number of aliphatic imine (C=N–C) groups is 2. The van der Waals surface area contributed by atoms with Gasteiger partial charge < -0.3 is 19.5 Å². The molecule has 64 heavy (non-hydrogen) atoms. The zero-order valence-corrected chi connectivity index (χ0v) is 45.4. The summed E-state index contributed by atoms with van der Waals surface area (Å²) in [5, 5.41) is 0. The van der Waals surface area contributed by atoms with E-state index in [1.165, 1.54) is 205 Å². The maximum absolute atomic E-state index is 5.46. The molecule has 0 saturated carbocycles. The van der Waals surface area contributed by atoms with Crippen LogP contribution in [0.4, 0.5) is 0 Å². The van der Waals surface area contributed by atoms with Gasteiger partial charge in [-0.3, -0.25) is 0 Å². The van der Waals surface area contributed by atoms with Crippen LogP contribution in [-0.2, 0) is 36.4 Å². The molecule has 0 atom stereocenters. The predicted octanol–water partition coefficient (Wildman–Crippen LogP) is 18.8. The molecule has 0 saturated heterocycles. The third-order valence-electron chi connectivity index (χ3n) is 11.1. The fourth-order valence-corrected chi connectivity index (χ4v) is 7.32. The quantitative estimate of drug-likeness (QED) is 0.0219. The molecule has 0 unspecified atom stereocenters. The van der Waals surface area contributed by atoms with E-state index in [2.05, 4.69) is 105 Å². The summed E-state index contributed by atoms with van der Waals surface area (Å²) in [5.74, 6) is 1.65. The van der Waals surface area contributed by atoms with Gasteiger partial charge in [0, 0.05) is 24.6 Å². The first-order valence-electron chi connectivity index (χ1n) is 25.5. The Morgan fingerprint density at radius 1 is 0.422 bits per heavy atom. The molecular weight excluding hydrogens is 1020 g/mol. The number of rotatable bonds is 42. The number of hydrogen-bond acceptors (Lipinski definition) is 4. The fourth-order valence-electron chi connectivity index (χ4n) is 7.32. The van der Waals surface area contributed by atoms with Gasteiger partial charge in [-0.25, -0.2) is 0 Å². The third-order valence-corrected chi connectivity index (χ3v) is 11.1. The first-order chi connectivity index (χ1) is 31.7. The van der Waals surface area contributed by atoms with Gasteiger partial charge in [0.1, 0.15) is 0 Å². The van der Waals surface area contributed by atoms with E-state index in [-0.39, 0.29) is 0 Å². The summed E-state index contributed by atoms with van der Waals surface area (Å²) in [7, 11) is 8.98. The van der Waals surface area contributed by atoms with Crippen molar-refractivity contribution in [3.05, 3.63) is 85.0 Å². The summed E-state index contributed by atoms with van der Waals surface area (Å²) in [5.41, 5.74) is 2.02. The predicted molar refractivity (Wildman–Crippen MR) is 278 cm³/mol. The fraction of sp³-hybridized carbons (Fsp3) is 0.679. The number of ether oxygens (including phenoxy) is 2. The van der Waals surface area contributed by atoms with E-state index in [1.807, 2.05) is 48.8 Å². The SMILES string of the molecule is C=CCOc1c[c-]c(C=NCCCCCCCCCCCCCCCCCC)cc1.C=CCOc1c[c-]c(C=NCCCCCCCCCCCCCCCCCC)cc1.[Cl][Pd+].[Cl][Pd+]. The zero-order chi connectivity index (χ0) is 47.1. The Bertz CT molecular complexity index is 1160. The van der Waals surface area contributed by atoms with Gasteiger partial charge in [0.05, 0.1) is 13.2 Å². The van der Waals surface area contributed by atoms with Crippen molar-refractivity contribution in [1.29, 1.82) is 0 Å². The van der Waals surface area contributed by atoms with Crippen molar-refractivity contribution in [1.82, 2.24) is 0 Å². The van der Waals surface area contributed by atoms with Crippen LogP contribution in [0.1, 0.15) is 230 Å². The molecule has 0 radical (unpaired) electrons. The molecule has 0 heterocycles. The standard InChI is InChI=1S/2C28H46NO.2ClH.2Pd/c2*1-3-5-6-7-8-9-10-11-12-13-14-15-16-17-18-19-24-29-26-27-20-22-28(23-21-27)30-25-4-2;;;;/h2*4,20,22-23,26H,2-3,5-19,24-25H2,1H3;2*1H;;/q2*-1;;;2*+2/p-2. The first kappa shape index (κ1) is 64.8. The van der Waals surface area contributed by atoms with Gasteiger partial charge in [0.25, 0.3) is 0 Å². The number of unbranched alkanes of at least 4 members (excludes halogenated alkanes) is 30. The van der Waals surface area contributed by atoms with Gasteiger partial charge >= 0.3 is 55.4 Å². The van der Waals surface area contributed by atoms with Crippen molar-refractivity contribution >= 4 is 31.5 Å². The van der Waals surface area contributed by atoms with E-state index in [1.54, 1.807) is 12.2 Å². The molecule has 0 aromatic heterocycles. The molecule has 0 fully saturated rings. The molecule has 0 bridgehead atoms. The molecule has 0 aliphatic carbocycles. The van der Waals surface area contributed by atoms with Crippen molar-refractivity contribution in [3.63, 3.8) is 0 Å². The molecule has 0 aliphatic heterocycles. The average Bonchev–Trinajstić information content (AvgIpc) is 3.34.